The first kappa shape index (κ1) is 18.7. The van der Waals surface area contributed by atoms with Gasteiger partial charge in [-0.1, -0.05) is 30.3 Å². The molecule has 1 aliphatic rings. The van der Waals surface area contributed by atoms with Crippen LogP contribution in [0.25, 0.3) is 0 Å². The van der Waals surface area contributed by atoms with Gasteiger partial charge in [-0.05, 0) is 30.2 Å². The number of Topliss-reactive ketones (excluding diaryl/α,β-unsaturated/α-hetero) is 1. The van der Waals surface area contributed by atoms with Gasteiger partial charge in [0.15, 0.2) is 0 Å². The van der Waals surface area contributed by atoms with Crippen molar-refractivity contribution >= 4 is 11.7 Å². The van der Waals surface area contributed by atoms with Gasteiger partial charge in [0.05, 0.1) is 18.3 Å². The summed E-state index contributed by atoms with van der Waals surface area (Å²) in [4.78, 5) is 31.4. The van der Waals surface area contributed by atoms with Crippen LogP contribution in [0, 0.1) is 0 Å². The Morgan fingerprint density at radius 1 is 0.966 bits per heavy atom. The number of hydrogen-bond donors (Lipinski definition) is 2. The van der Waals surface area contributed by atoms with Crippen LogP contribution in [0.15, 0.2) is 67.3 Å². The van der Waals surface area contributed by atoms with E-state index in [1.165, 1.54) is 12.1 Å². The van der Waals surface area contributed by atoms with E-state index >= 15 is 0 Å². The van der Waals surface area contributed by atoms with Gasteiger partial charge in [0, 0.05) is 31.0 Å². The number of benzene rings is 2. The van der Waals surface area contributed by atoms with E-state index in [2.05, 4.69) is 4.98 Å². The molecule has 0 bridgehead atoms. The van der Waals surface area contributed by atoms with E-state index in [0.717, 1.165) is 0 Å². The molecule has 0 spiro atoms. The lowest BCUT2D eigenvalue weighted by Gasteiger charge is -2.28. The number of aromatic nitrogens is 2. The molecule has 1 amide bonds. The maximum atomic E-state index is 12.9. The fourth-order valence-electron chi connectivity index (χ4n) is 3.91. The van der Waals surface area contributed by atoms with Gasteiger partial charge < -0.3 is 19.7 Å². The Morgan fingerprint density at radius 2 is 1.72 bits per heavy atom. The Hall–Kier alpha value is -3.61. The number of carbonyl (C=O) groups excluding carboxylic acids is 2. The minimum atomic E-state index is -0.746. The standard InChI is InChI=1S/C22H21N3O4/c26-16-8-6-15(7-9-16)19-20(17-4-1-2-5-18(17)27)25(22(29)21(19)28)12-3-11-24-13-10-23-14-24/h1-2,4-10,13-14,19-20,26-27H,3,11-12H2. The molecular formula is C22H21N3O4. The Morgan fingerprint density at radius 3 is 2.41 bits per heavy atom. The lowest BCUT2D eigenvalue weighted by Crippen LogP contribution is -2.31. The van der Waals surface area contributed by atoms with Gasteiger partial charge in [0.1, 0.15) is 11.5 Å². The second-order valence-corrected chi connectivity index (χ2v) is 7.09. The normalized spacial score (nSPS) is 19.1. The van der Waals surface area contributed by atoms with Gasteiger partial charge in [0.25, 0.3) is 5.91 Å². The minimum Gasteiger partial charge on any atom is -0.508 e. The summed E-state index contributed by atoms with van der Waals surface area (Å²) in [5, 5.41) is 20.0. The predicted octanol–water partition coefficient (Wildman–Crippen LogP) is 2.62. The molecule has 2 unspecified atom stereocenters. The summed E-state index contributed by atoms with van der Waals surface area (Å²) in [6, 6.07) is 12.5. The van der Waals surface area contributed by atoms with Crippen LogP contribution in [0.2, 0.25) is 0 Å². The van der Waals surface area contributed by atoms with E-state index in [4.69, 9.17) is 0 Å². The lowest BCUT2D eigenvalue weighted by atomic mass is 9.86. The topological polar surface area (TPSA) is 95.7 Å². The van der Waals surface area contributed by atoms with Crippen molar-refractivity contribution in [3.8, 4) is 11.5 Å². The van der Waals surface area contributed by atoms with Crippen molar-refractivity contribution in [1.29, 1.82) is 0 Å². The predicted molar refractivity (Wildman–Crippen MR) is 105 cm³/mol. The Balaban J connectivity index is 1.68. The van der Waals surface area contributed by atoms with Gasteiger partial charge in [-0.3, -0.25) is 9.59 Å². The average Bonchev–Trinajstić information content (AvgIpc) is 3.32. The zero-order chi connectivity index (χ0) is 20.4. The second-order valence-electron chi connectivity index (χ2n) is 7.09. The minimum absolute atomic E-state index is 0.0448. The highest BCUT2D eigenvalue weighted by molar-refractivity contribution is 6.40. The molecular weight excluding hydrogens is 370 g/mol. The van der Waals surface area contributed by atoms with Crippen molar-refractivity contribution in [2.45, 2.75) is 24.9 Å². The number of ketones is 1. The molecule has 1 fully saturated rings. The van der Waals surface area contributed by atoms with Crippen molar-refractivity contribution in [1.82, 2.24) is 14.5 Å². The Bertz CT molecular complexity index is 1010. The quantitative estimate of drug-likeness (QED) is 0.630. The number of imidazole rings is 1. The Kier molecular flexibility index (Phi) is 5.03. The monoisotopic (exact) mass is 391 g/mol. The van der Waals surface area contributed by atoms with Crippen LogP contribution in [0.1, 0.15) is 29.5 Å². The summed E-state index contributed by atoms with van der Waals surface area (Å²) in [5.74, 6) is -1.68. The molecule has 7 nitrogen and oxygen atoms in total. The highest BCUT2D eigenvalue weighted by Gasteiger charge is 2.49. The number of aromatic hydroxyl groups is 2. The number of rotatable bonds is 6. The van der Waals surface area contributed by atoms with Crippen LogP contribution in [0.3, 0.4) is 0 Å². The maximum absolute atomic E-state index is 12.9. The number of hydrogen-bond acceptors (Lipinski definition) is 5. The fourth-order valence-corrected chi connectivity index (χ4v) is 3.91. The van der Waals surface area contributed by atoms with Crippen LogP contribution in [0.5, 0.6) is 11.5 Å². The van der Waals surface area contributed by atoms with Gasteiger partial charge in [-0.15, -0.1) is 0 Å². The first-order valence-electron chi connectivity index (χ1n) is 9.43. The van der Waals surface area contributed by atoms with E-state index in [-0.39, 0.29) is 11.5 Å². The molecule has 29 heavy (non-hydrogen) atoms. The number of nitrogens with zero attached hydrogens (tertiary/aromatic N) is 3. The van der Waals surface area contributed by atoms with Crippen LogP contribution in [0.4, 0.5) is 0 Å². The summed E-state index contributed by atoms with van der Waals surface area (Å²) >= 11 is 0. The smallest absolute Gasteiger partial charge is 0.291 e. The third-order valence-electron chi connectivity index (χ3n) is 5.29. The molecule has 0 aliphatic carbocycles. The number of phenols is 2. The molecule has 2 atom stereocenters. The molecule has 2 heterocycles. The van der Waals surface area contributed by atoms with Crippen LogP contribution >= 0.6 is 0 Å². The third-order valence-corrected chi connectivity index (χ3v) is 5.29. The maximum Gasteiger partial charge on any atom is 0.291 e. The molecule has 3 aromatic rings. The zero-order valence-corrected chi connectivity index (χ0v) is 15.7. The number of aryl methyl sites for hydroxylation is 1. The van der Waals surface area contributed by atoms with Gasteiger partial charge in [0.2, 0.25) is 5.78 Å². The summed E-state index contributed by atoms with van der Waals surface area (Å²) in [6.07, 6.45) is 5.88. The molecule has 7 heteroatoms. The van der Waals surface area contributed by atoms with Crippen molar-refractivity contribution < 1.29 is 19.8 Å². The van der Waals surface area contributed by atoms with Crippen LogP contribution in [-0.2, 0) is 16.1 Å². The molecule has 0 saturated carbocycles. The summed E-state index contributed by atoms with van der Waals surface area (Å²) in [6.45, 7) is 1.03. The largest absolute Gasteiger partial charge is 0.508 e. The average molecular weight is 391 g/mol. The third kappa shape index (κ3) is 3.59. The van der Waals surface area contributed by atoms with Gasteiger partial charge in [-0.25, -0.2) is 4.98 Å². The van der Waals surface area contributed by atoms with Crippen molar-refractivity contribution in [2.24, 2.45) is 0 Å². The van der Waals surface area contributed by atoms with E-state index in [9.17, 15) is 19.8 Å². The molecule has 1 aliphatic heterocycles. The summed E-state index contributed by atoms with van der Waals surface area (Å²) < 4.78 is 1.91. The molecule has 2 N–H and O–H groups in total. The second kappa shape index (κ2) is 7.79. The molecule has 4 rings (SSSR count). The number of phenolic OH excluding ortho intramolecular Hbond substituents is 2. The molecule has 0 radical (unpaired) electrons. The summed E-state index contributed by atoms with van der Waals surface area (Å²) in [7, 11) is 0. The van der Waals surface area contributed by atoms with Crippen LogP contribution < -0.4 is 0 Å². The van der Waals surface area contributed by atoms with E-state index < -0.39 is 23.7 Å². The van der Waals surface area contributed by atoms with E-state index in [1.807, 2.05) is 10.8 Å². The van der Waals surface area contributed by atoms with E-state index in [0.29, 0.717) is 30.6 Å². The molecule has 1 saturated heterocycles. The van der Waals surface area contributed by atoms with Crippen molar-refractivity contribution in [2.75, 3.05) is 6.54 Å². The van der Waals surface area contributed by atoms with Gasteiger partial charge >= 0.3 is 0 Å². The van der Waals surface area contributed by atoms with Crippen molar-refractivity contribution in [3.05, 3.63) is 78.4 Å². The lowest BCUT2D eigenvalue weighted by molar-refractivity contribution is -0.140. The zero-order valence-electron chi connectivity index (χ0n) is 15.7. The number of amides is 1. The number of likely N-dealkylation sites (tertiary alicyclic amines) is 1. The molecule has 148 valence electrons. The molecule has 2 aromatic carbocycles. The fraction of sp³-hybridized carbons (Fsp3) is 0.227. The van der Waals surface area contributed by atoms with E-state index in [1.54, 1.807) is 53.8 Å². The highest BCUT2D eigenvalue weighted by Crippen LogP contribution is 2.45. The van der Waals surface area contributed by atoms with Crippen molar-refractivity contribution in [3.63, 3.8) is 0 Å². The highest BCUT2D eigenvalue weighted by atomic mass is 16.3. The van der Waals surface area contributed by atoms with Crippen LogP contribution in [-0.4, -0.2) is 42.9 Å². The number of para-hydroxylation sites is 1. The SMILES string of the molecule is O=C1C(=O)N(CCCn2ccnc2)C(c2ccccc2O)C1c1ccc(O)cc1. The first-order valence-corrected chi connectivity index (χ1v) is 9.43. The van der Waals surface area contributed by atoms with Gasteiger partial charge in [-0.2, -0.15) is 0 Å². The first-order chi connectivity index (χ1) is 14.1. The number of carbonyl (C=O) groups is 2. The molecule has 1 aromatic heterocycles. The summed E-state index contributed by atoms with van der Waals surface area (Å²) in [5.41, 5.74) is 1.17. The Labute approximate surface area is 167 Å².